The molecule has 2 rings (SSSR count). The van der Waals surface area contributed by atoms with Gasteiger partial charge in [0.25, 0.3) is 0 Å². The minimum absolute atomic E-state index is 0.0361. The maximum atomic E-state index is 11.9. The fraction of sp³-hybridized carbons (Fsp3) is 0.353. The molecule has 2 aromatic rings. The molecule has 0 fully saturated rings. The fourth-order valence-electron chi connectivity index (χ4n) is 2.08. The molecule has 22 heavy (non-hydrogen) atoms. The third-order valence-electron chi connectivity index (χ3n) is 3.19. The molecule has 0 radical (unpaired) electrons. The number of aliphatic hydroxyl groups excluding tert-OH is 1. The molecule has 0 aliphatic rings. The van der Waals surface area contributed by atoms with Gasteiger partial charge in [-0.25, -0.2) is 0 Å². The maximum Gasteiger partial charge on any atom is 0.220 e. The zero-order chi connectivity index (χ0) is 15.8. The van der Waals surface area contributed by atoms with Gasteiger partial charge in [-0.05, 0) is 25.1 Å². The summed E-state index contributed by atoms with van der Waals surface area (Å²) in [6.07, 6.45) is 0.967. The second-order valence-corrected chi connectivity index (χ2v) is 4.97. The largest absolute Gasteiger partial charge is 0.491 e. The van der Waals surface area contributed by atoms with E-state index in [9.17, 15) is 4.79 Å². The van der Waals surface area contributed by atoms with E-state index >= 15 is 0 Å². The van der Waals surface area contributed by atoms with E-state index in [0.717, 1.165) is 17.1 Å². The molecule has 1 aromatic heterocycles. The van der Waals surface area contributed by atoms with Crippen LogP contribution in [-0.4, -0.2) is 24.2 Å². The number of nitrogens with one attached hydrogen (secondary N) is 1. The summed E-state index contributed by atoms with van der Waals surface area (Å²) in [4.78, 5) is 11.9. The van der Waals surface area contributed by atoms with E-state index in [1.165, 1.54) is 0 Å². The van der Waals surface area contributed by atoms with Crippen LogP contribution in [0.1, 0.15) is 23.5 Å². The smallest absolute Gasteiger partial charge is 0.220 e. The minimum atomic E-state index is -0.0384. The van der Waals surface area contributed by atoms with Crippen LogP contribution >= 0.6 is 0 Å². The van der Waals surface area contributed by atoms with Crippen LogP contribution in [0.3, 0.4) is 0 Å². The van der Waals surface area contributed by atoms with E-state index in [1.807, 2.05) is 43.3 Å². The molecule has 0 atom stereocenters. The molecule has 5 nitrogen and oxygen atoms in total. The highest BCUT2D eigenvalue weighted by Gasteiger charge is 2.07. The van der Waals surface area contributed by atoms with E-state index in [0.29, 0.717) is 25.1 Å². The number of ether oxygens (including phenoxy) is 1. The van der Waals surface area contributed by atoms with Crippen LogP contribution < -0.4 is 10.1 Å². The summed E-state index contributed by atoms with van der Waals surface area (Å²) >= 11 is 0. The second-order valence-electron chi connectivity index (χ2n) is 4.97. The number of carbonyl (C=O) groups is 1. The molecular formula is C17H21NO4. The lowest BCUT2D eigenvalue weighted by atomic mass is 10.2. The third-order valence-corrected chi connectivity index (χ3v) is 3.19. The monoisotopic (exact) mass is 303 g/mol. The zero-order valence-corrected chi connectivity index (χ0v) is 12.7. The predicted octanol–water partition coefficient (Wildman–Crippen LogP) is 2.21. The average Bonchev–Trinajstić information content (AvgIpc) is 2.95. The van der Waals surface area contributed by atoms with Crippen LogP contribution in [0.15, 0.2) is 40.8 Å². The summed E-state index contributed by atoms with van der Waals surface area (Å²) in [5.74, 6) is 2.31. The fourth-order valence-corrected chi connectivity index (χ4v) is 2.08. The van der Waals surface area contributed by atoms with Crippen molar-refractivity contribution in [3.05, 3.63) is 53.5 Å². The van der Waals surface area contributed by atoms with Crippen LogP contribution in [0.4, 0.5) is 0 Å². The number of furan rings is 1. The van der Waals surface area contributed by atoms with Gasteiger partial charge < -0.3 is 19.6 Å². The first kappa shape index (κ1) is 16.1. The van der Waals surface area contributed by atoms with Crippen LogP contribution in [0.2, 0.25) is 0 Å². The Hall–Kier alpha value is -2.27. The molecule has 1 heterocycles. The zero-order valence-electron chi connectivity index (χ0n) is 12.7. The molecule has 0 bridgehead atoms. The van der Waals surface area contributed by atoms with Crippen molar-refractivity contribution in [2.75, 3.05) is 13.2 Å². The first-order chi connectivity index (χ1) is 10.7. The van der Waals surface area contributed by atoms with Gasteiger partial charge in [0.1, 0.15) is 23.9 Å². The number of benzene rings is 1. The number of rotatable bonds is 8. The number of hydrogen-bond donors (Lipinski definition) is 2. The van der Waals surface area contributed by atoms with Crippen molar-refractivity contribution in [2.24, 2.45) is 0 Å². The Labute approximate surface area is 129 Å². The highest BCUT2D eigenvalue weighted by molar-refractivity contribution is 5.76. The van der Waals surface area contributed by atoms with E-state index in [2.05, 4.69) is 5.32 Å². The Kier molecular flexibility index (Phi) is 6.03. The first-order valence-corrected chi connectivity index (χ1v) is 7.32. The van der Waals surface area contributed by atoms with Gasteiger partial charge >= 0.3 is 0 Å². The van der Waals surface area contributed by atoms with Gasteiger partial charge in [-0.1, -0.05) is 18.2 Å². The van der Waals surface area contributed by atoms with Gasteiger partial charge in [0, 0.05) is 24.9 Å². The predicted molar refractivity (Wildman–Crippen MR) is 82.6 cm³/mol. The van der Waals surface area contributed by atoms with Crippen LogP contribution in [0.25, 0.3) is 0 Å². The summed E-state index contributed by atoms with van der Waals surface area (Å²) < 4.78 is 10.9. The van der Waals surface area contributed by atoms with Crippen LogP contribution in [-0.2, 0) is 17.8 Å². The molecule has 0 aliphatic carbocycles. The van der Waals surface area contributed by atoms with E-state index in [1.54, 1.807) is 0 Å². The molecule has 0 saturated carbocycles. The average molecular weight is 303 g/mol. The normalized spacial score (nSPS) is 10.5. The molecule has 2 N–H and O–H groups in total. The molecule has 0 spiro atoms. The number of aliphatic hydroxyl groups is 1. The third kappa shape index (κ3) is 4.93. The van der Waals surface area contributed by atoms with Crippen LogP contribution in [0.5, 0.6) is 5.75 Å². The summed E-state index contributed by atoms with van der Waals surface area (Å²) in [5, 5.41) is 11.7. The molecule has 1 amide bonds. The molecule has 5 heteroatoms. The highest BCUT2D eigenvalue weighted by Crippen LogP contribution is 2.17. The Morgan fingerprint density at radius 2 is 2.09 bits per heavy atom. The summed E-state index contributed by atoms with van der Waals surface area (Å²) in [6.45, 7) is 2.48. The van der Waals surface area contributed by atoms with E-state index in [-0.39, 0.29) is 19.1 Å². The lowest BCUT2D eigenvalue weighted by molar-refractivity contribution is -0.121. The lowest BCUT2D eigenvalue weighted by Crippen LogP contribution is -2.23. The van der Waals surface area contributed by atoms with Crippen molar-refractivity contribution >= 4 is 5.91 Å². The minimum Gasteiger partial charge on any atom is -0.491 e. The highest BCUT2D eigenvalue weighted by atomic mass is 16.5. The van der Waals surface area contributed by atoms with E-state index in [4.69, 9.17) is 14.3 Å². The van der Waals surface area contributed by atoms with Gasteiger partial charge in [-0.15, -0.1) is 0 Å². The quantitative estimate of drug-likeness (QED) is 0.784. The van der Waals surface area contributed by atoms with Gasteiger partial charge in [-0.3, -0.25) is 4.79 Å². The molecule has 118 valence electrons. The summed E-state index contributed by atoms with van der Waals surface area (Å²) in [6, 6.07) is 11.2. The molecule has 0 saturated heterocycles. The number of amides is 1. The summed E-state index contributed by atoms with van der Waals surface area (Å²) in [5.41, 5.74) is 0.887. The molecular weight excluding hydrogens is 282 g/mol. The molecule has 0 aliphatic heterocycles. The van der Waals surface area contributed by atoms with Crippen molar-refractivity contribution in [1.29, 1.82) is 0 Å². The molecule has 1 aromatic carbocycles. The number of aryl methyl sites for hydroxylation is 2. The number of hydrogen-bond acceptors (Lipinski definition) is 4. The number of carbonyl (C=O) groups excluding carboxylic acids is 1. The van der Waals surface area contributed by atoms with Crippen molar-refractivity contribution in [1.82, 2.24) is 5.32 Å². The van der Waals surface area contributed by atoms with Gasteiger partial charge in [0.15, 0.2) is 0 Å². The maximum absolute atomic E-state index is 11.9. The van der Waals surface area contributed by atoms with Gasteiger partial charge in [0.2, 0.25) is 5.91 Å². The standard InChI is InChI=1S/C17H21NO4/c1-13-6-7-15(22-13)8-9-17(20)18-12-14-4-2-3-5-16(14)21-11-10-19/h2-7,19H,8-12H2,1H3,(H,18,20). The van der Waals surface area contributed by atoms with Crippen molar-refractivity contribution < 1.29 is 19.1 Å². The van der Waals surface area contributed by atoms with Crippen molar-refractivity contribution in [3.63, 3.8) is 0 Å². The lowest BCUT2D eigenvalue weighted by Gasteiger charge is -2.11. The van der Waals surface area contributed by atoms with Crippen molar-refractivity contribution in [2.45, 2.75) is 26.3 Å². The van der Waals surface area contributed by atoms with Gasteiger partial charge in [0.05, 0.1) is 6.61 Å². The Morgan fingerprint density at radius 3 is 2.82 bits per heavy atom. The SMILES string of the molecule is Cc1ccc(CCC(=O)NCc2ccccc2OCCO)o1. The number of para-hydroxylation sites is 1. The summed E-state index contributed by atoms with van der Waals surface area (Å²) in [7, 11) is 0. The first-order valence-electron chi connectivity index (χ1n) is 7.32. The second kappa shape index (κ2) is 8.24. The Morgan fingerprint density at radius 1 is 1.27 bits per heavy atom. The topological polar surface area (TPSA) is 71.7 Å². The van der Waals surface area contributed by atoms with E-state index < -0.39 is 0 Å². The van der Waals surface area contributed by atoms with Crippen molar-refractivity contribution in [3.8, 4) is 5.75 Å². The van der Waals surface area contributed by atoms with Gasteiger partial charge in [-0.2, -0.15) is 0 Å². The Balaban J connectivity index is 1.80. The Bertz CT molecular complexity index is 606. The molecule has 0 unspecified atom stereocenters. The van der Waals surface area contributed by atoms with Crippen LogP contribution in [0, 0.1) is 6.92 Å².